The normalized spacial score (nSPS) is 18.9. The lowest BCUT2D eigenvalue weighted by molar-refractivity contribution is 0.0697. The Hall–Kier alpha value is -1.71. The van der Waals surface area contributed by atoms with Crippen LogP contribution < -0.4 is 10.1 Å². The largest absolute Gasteiger partial charge is 0.489 e. The van der Waals surface area contributed by atoms with Crippen LogP contribution >= 0.6 is 0 Å². The molecule has 4 nitrogen and oxygen atoms in total. The molecule has 1 atom stereocenters. The SMILES string of the molecule is CC(C)(C)C1COc2ccc(C(=O)O)cc2N1. The van der Waals surface area contributed by atoms with Gasteiger partial charge >= 0.3 is 5.97 Å². The van der Waals surface area contributed by atoms with Crippen molar-refractivity contribution >= 4 is 11.7 Å². The Labute approximate surface area is 101 Å². The minimum Gasteiger partial charge on any atom is -0.489 e. The Kier molecular flexibility index (Phi) is 2.73. The molecule has 0 aliphatic carbocycles. The molecule has 1 aromatic rings. The predicted molar refractivity (Wildman–Crippen MR) is 65.8 cm³/mol. The number of carbonyl (C=O) groups is 1. The minimum atomic E-state index is -0.924. The van der Waals surface area contributed by atoms with Gasteiger partial charge in [-0.15, -0.1) is 0 Å². The highest BCUT2D eigenvalue weighted by Gasteiger charge is 2.29. The molecule has 2 rings (SSSR count). The maximum Gasteiger partial charge on any atom is 0.335 e. The Balaban J connectivity index is 2.30. The molecule has 0 spiro atoms. The highest BCUT2D eigenvalue weighted by molar-refractivity contribution is 5.89. The summed E-state index contributed by atoms with van der Waals surface area (Å²) in [5, 5.41) is 12.3. The van der Waals surface area contributed by atoms with Crippen LogP contribution in [0.15, 0.2) is 18.2 Å². The Morgan fingerprint density at radius 2 is 2.18 bits per heavy atom. The van der Waals surface area contributed by atoms with E-state index in [4.69, 9.17) is 9.84 Å². The Bertz CT molecular complexity index is 448. The van der Waals surface area contributed by atoms with E-state index in [9.17, 15) is 4.79 Å². The molecule has 0 saturated carbocycles. The number of fused-ring (bicyclic) bond motifs is 1. The van der Waals surface area contributed by atoms with E-state index in [0.717, 1.165) is 11.4 Å². The number of carboxylic acids is 1. The number of ether oxygens (including phenoxy) is 1. The molecular formula is C13H17NO3. The predicted octanol–water partition coefficient (Wildman–Crippen LogP) is 2.60. The zero-order valence-electron chi connectivity index (χ0n) is 10.3. The molecule has 92 valence electrons. The summed E-state index contributed by atoms with van der Waals surface area (Å²) in [5.74, 6) is -0.206. The van der Waals surface area contributed by atoms with Gasteiger partial charge < -0.3 is 15.2 Å². The summed E-state index contributed by atoms with van der Waals surface area (Å²) in [5.41, 5.74) is 1.10. The summed E-state index contributed by atoms with van der Waals surface area (Å²) in [6, 6.07) is 5.06. The van der Waals surface area contributed by atoms with Crippen molar-refractivity contribution in [3.05, 3.63) is 23.8 Å². The first-order valence-corrected chi connectivity index (χ1v) is 5.64. The van der Waals surface area contributed by atoms with E-state index >= 15 is 0 Å². The van der Waals surface area contributed by atoms with Gasteiger partial charge in [-0.05, 0) is 23.6 Å². The average molecular weight is 235 g/mol. The average Bonchev–Trinajstić information content (AvgIpc) is 2.26. The van der Waals surface area contributed by atoms with Crippen molar-refractivity contribution in [3.63, 3.8) is 0 Å². The highest BCUT2D eigenvalue weighted by Crippen LogP contribution is 2.34. The Morgan fingerprint density at radius 1 is 1.47 bits per heavy atom. The summed E-state index contributed by atoms with van der Waals surface area (Å²) in [7, 11) is 0. The van der Waals surface area contributed by atoms with Crippen LogP contribution in [0.3, 0.4) is 0 Å². The van der Waals surface area contributed by atoms with Crippen molar-refractivity contribution in [3.8, 4) is 5.75 Å². The van der Waals surface area contributed by atoms with Gasteiger partial charge in [-0.3, -0.25) is 0 Å². The maximum atomic E-state index is 10.9. The molecule has 2 N–H and O–H groups in total. The van der Waals surface area contributed by atoms with Crippen LogP contribution in [0.1, 0.15) is 31.1 Å². The molecule has 1 aliphatic rings. The van der Waals surface area contributed by atoms with Crippen molar-refractivity contribution in [1.29, 1.82) is 0 Å². The van der Waals surface area contributed by atoms with Gasteiger partial charge in [0.15, 0.2) is 0 Å². The molecule has 0 bridgehead atoms. The van der Waals surface area contributed by atoms with Crippen LogP contribution in [0.2, 0.25) is 0 Å². The molecule has 17 heavy (non-hydrogen) atoms. The van der Waals surface area contributed by atoms with E-state index in [2.05, 4.69) is 26.1 Å². The summed E-state index contributed by atoms with van der Waals surface area (Å²) < 4.78 is 5.64. The summed E-state index contributed by atoms with van der Waals surface area (Å²) in [6.07, 6.45) is 0. The van der Waals surface area contributed by atoms with Gasteiger partial charge in [0.05, 0.1) is 17.3 Å². The number of benzene rings is 1. The lowest BCUT2D eigenvalue weighted by atomic mass is 9.86. The topological polar surface area (TPSA) is 58.6 Å². The van der Waals surface area contributed by atoms with E-state index in [-0.39, 0.29) is 17.0 Å². The van der Waals surface area contributed by atoms with E-state index in [1.807, 2.05) is 0 Å². The molecule has 0 amide bonds. The molecule has 1 unspecified atom stereocenters. The molecule has 4 heteroatoms. The van der Waals surface area contributed by atoms with E-state index < -0.39 is 5.97 Å². The number of hydrogen-bond donors (Lipinski definition) is 2. The Morgan fingerprint density at radius 3 is 2.76 bits per heavy atom. The van der Waals surface area contributed by atoms with Crippen molar-refractivity contribution in [2.75, 3.05) is 11.9 Å². The van der Waals surface area contributed by atoms with Crippen LogP contribution in [0.25, 0.3) is 0 Å². The van der Waals surface area contributed by atoms with Crippen LogP contribution in [0.5, 0.6) is 5.75 Å². The fourth-order valence-electron chi connectivity index (χ4n) is 1.77. The van der Waals surface area contributed by atoms with Crippen molar-refractivity contribution in [1.82, 2.24) is 0 Å². The lowest BCUT2D eigenvalue weighted by Gasteiger charge is -2.36. The third-order valence-corrected chi connectivity index (χ3v) is 3.01. The fraction of sp³-hybridized carbons (Fsp3) is 0.462. The molecule has 0 radical (unpaired) electrons. The van der Waals surface area contributed by atoms with Crippen molar-refractivity contribution in [2.45, 2.75) is 26.8 Å². The molecule has 1 aliphatic heterocycles. The summed E-state index contributed by atoms with van der Waals surface area (Å²) >= 11 is 0. The van der Waals surface area contributed by atoms with E-state index in [0.29, 0.717) is 6.61 Å². The molecule has 0 aromatic heterocycles. The quantitative estimate of drug-likeness (QED) is 0.785. The first-order chi connectivity index (χ1) is 7.88. The molecule has 1 heterocycles. The zero-order chi connectivity index (χ0) is 12.6. The maximum absolute atomic E-state index is 10.9. The number of anilines is 1. The van der Waals surface area contributed by atoms with Crippen molar-refractivity contribution < 1.29 is 14.6 Å². The van der Waals surface area contributed by atoms with E-state index in [1.165, 1.54) is 0 Å². The smallest absolute Gasteiger partial charge is 0.335 e. The number of nitrogens with one attached hydrogen (secondary N) is 1. The van der Waals surface area contributed by atoms with Crippen LogP contribution in [-0.2, 0) is 0 Å². The molecule has 0 fully saturated rings. The molecule has 0 saturated heterocycles. The van der Waals surface area contributed by atoms with Crippen LogP contribution in [0.4, 0.5) is 5.69 Å². The van der Waals surface area contributed by atoms with Crippen LogP contribution in [0, 0.1) is 5.41 Å². The lowest BCUT2D eigenvalue weighted by Crippen LogP contribution is -2.41. The third kappa shape index (κ3) is 2.35. The van der Waals surface area contributed by atoms with Gasteiger partial charge in [0.25, 0.3) is 0 Å². The third-order valence-electron chi connectivity index (χ3n) is 3.01. The van der Waals surface area contributed by atoms with Gasteiger partial charge in [0, 0.05) is 0 Å². The second kappa shape index (κ2) is 3.95. The second-order valence-electron chi connectivity index (χ2n) is 5.39. The van der Waals surface area contributed by atoms with Gasteiger partial charge in [0.1, 0.15) is 12.4 Å². The monoisotopic (exact) mass is 235 g/mol. The highest BCUT2D eigenvalue weighted by atomic mass is 16.5. The molecule has 1 aromatic carbocycles. The summed E-state index contributed by atoms with van der Waals surface area (Å²) in [6.45, 7) is 6.98. The number of carboxylic acid groups (broad SMARTS) is 1. The fourth-order valence-corrected chi connectivity index (χ4v) is 1.77. The molecular weight excluding hydrogens is 218 g/mol. The van der Waals surface area contributed by atoms with Gasteiger partial charge in [-0.2, -0.15) is 0 Å². The van der Waals surface area contributed by atoms with Gasteiger partial charge in [-0.25, -0.2) is 4.79 Å². The summed E-state index contributed by atoms with van der Waals surface area (Å²) in [4.78, 5) is 10.9. The zero-order valence-corrected chi connectivity index (χ0v) is 10.3. The standard InChI is InChI=1S/C13H17NO3/c1-13(2,3)11-7-17-10-5-4-8(12(15)16)6-9(10)14-11/h4-6,11,14H,7H2,1-3H3,(H,15,16). The second-order valence-corrected chi connectivity index (χ2v) is 5.39. The first kappa shape index (κ1) is 11.8. The number of hydrogen-bond acceptors (Lipinski definition) is 3. The van der Waals surface area contributed by atoms with E-state index in [1.54, 1.807) is 18.2 Å². The van der Waals surface area contributed by atoms with Crippen molar-refractivity contribution in [2.24, 2.45) is 5.41 Å². The first-order valence-electron chi connectivity index (χ1n) is 5.64. The van der Waals surface area contributed by atoms with Gasteiger partial charge in [-0.1, -0.05) is 20.8 Å². The minimum absolute atomic E-state index is 0.0664. The van der Waals surface area contributed by atoms with Gasteiger partial charge in [0.2, 0.25) is 0 Å². The number of rotatable bonds is 1. The number of aromatic carboxylic acids is 1. The van der Waals surface area contributed by atoms with Crippen LogP contribution in [-0.4, -0.2) is 23.7 Å².